The van der Waals surface area contributed by atoms with Gasteiger partial charge in [-0.2, -0.15) is 0 Å². The molecular formula is C18H26ClN3O3. The predicted molar refractivity (Wildman–Crippen MR) is 99.1 cm³/mol. The number of anilines is 1. The van der Waals surface area contributed by atoms with Crippen LogP contribution in [0.15, 0.2) is 18.2 Å². The molecule has 2 rings (SSSR count). The molecule has 0 heterocycles. The number of amides is 2. The Labute approximate surface area is 153 Å². The molecule has 1 aliphatic carbocycles. The molecule has 25 heavy (non-hydrogen) atoms. The fraction of sp³-hybridized carbons (Fsp3) is 0.556. The van der Waals surface area contributed by atoms with Crippen molar-refractivity contribution in [2.24, 2.45) is 0 Å². The van der Waals surface area contributed by atoms with Crippen LogP contribution in [-0.2, 0) is 9.59 Å². The van der Waals surface area contributed by atoms with Gasteiger partial charge in [0.1, 0.15) is 5.75 Å². The fourth-order valence-corrected chi connectivity index (χ4v) is 3.21. The average Bonchev–Trinajstić information content (AvgIpc) is 2.55. The maximum atomic E-state index is 12.2. The van der Waals surface area contributed by atoms with Gasteiger partial charge in [-0.1, -0.05) is 30.9 Å². The van der Waals surface area contributed by atoms with E-state index in [0.717, 1.165) is 12.8 Å². The quantitative estimate of drug-likeness (QED) is 0.777. The SMILES string of the molecule is COc1ccc(Cl)cc1NC(=O)CN(C)CC(=O)NC1CCCCC1. The zero-order valence-electron chi connectivity index (χ0n) is 14.8. The number of methoxy groups -OCH3 is 1. The Morgan fingerprint density at radius 1 is 1.20 bits per heavy atom. The van der Waals surface area contributed by atoms with Crippen LogP contribution in [0.3, 0.4) is 0 Å². The van der Waals surface area contributed by atoms with Crippen molar-refractivity contribution in [3.05, 3.63) is 23.2 Å². The van der Waals surface area contributed by atoms with E-state index in [-0.39, 0.29) is 30.9 Å². The first-order valence-electron chi connectivity index (χ1n) is 8.59. The van der Waals surface area contributed by atoms with E-state index in [1.54, 1.807) is 30.1 Å². The first-order valence-corrected chi connectivity index (χ1v) is 8.97. The molecule has 0 atom stereocenters. The van der Waals surface area contributed by atoms with Gasteiger partial charge >= 0.3 is 0 Å². The van der Waals surface area contributed by atoms with Crippen LogP contribution < -0.4 is 15.4 Å². The Kier molecular flexibility index (Phi) is 7.52. The minimum atomic E-state index is -0.228. The smallest absolute Gasteiger partial charge is 0.238 e. The summed E-state index contributed by atoms with van der Waals surface area (Å²) in [6.07, 6.45) is 5.68. The van der Waals surface area contributed by atoms with Crippen molar-refractivity contribution in [1.82, 2.24) is 10.2 Å². The Bertz CT molecular complexity index is 603. The van der Waals surface area contributed by atoms with Crippen LogP contribution in [0, 0.1) is 0 Å². The third-order valence-electron chi connectivity index (χ3n) is 4.23. The summed E-state index contributed by atoms with van der Waals surface area (Å²) >= 11 is 5.95. The van der Waals surface area contributed by atoms with Gasteiger partial charge in [0, 0.05) is 11.1 Å². The minimum absolute atomic E-state index is 0.0393. The van der Waals surface area contributed by atoms with Crippen molar-refractivity contribution in [2.75, 3.05) is 32.6 Å². The van der Waals surface area contributed by atoms with Crippen LogP contribution >= 0.6 is 11.6 Å². The number of rotatable bonds is 7. The lowest BCUT2D eigenvalue weighted by molar-refractivity contribution is -0.123. The van der Waals surface area contributed by atoms with Crippen molar-refractivity contribution >= 4 is 29.1 Å². The summed E-state index contributed by atoms with van der Waals surface area (Å²) in [5.41, 5.74) is 0.514. The standard InChI is InChI=1S/C18H26ClN3O3/c1-22(11-17(23)20-14-6-4-3-5-7-14)12-18(24)21-15-10-13(19)8-9-16(15)25-2/h8-10,14H,3-7,11-12H2,1-2H3,(H,20,23)(H,21,24). The Morgan fingerprint density at radius 3 is 2.56 bits per heavy atom. The molecule has 0 radical (unpaired) electrons. The van der Waals surface area contributed by atoms with Crippen LogP contribution in [0.4, 0.5) is 5.69 Å². The molecule has 138 valence electrons. The number of ether oxygens (including phenoxy) is 1. The maximum Gasteiger partial charge on any atom is 0.238 e. The number of carbonyl (C=O) groups excluding carboxylic acids is 2. The van der Waals surface area contributed by atoms with E-state index < -0.39 is 0 Å². The Morgan fingerprint density at radius 2 is 1.88 bits per heavy atom. The monoisotopic (exact) mass is 367 g/mol. The van der Waals surface area contributed by atoms with E-state index >= 15 is 0 Å². The second-order valence-corrected chi connectivity index (χ2v) is 6.90. The van der Waals surface area contributed by atoms with Crippen LogP contribution in [0.25, 0.3) is 0 Å². The summed E-state index contributed by atoms with van der Waals surface area (Å²) in [6, 6.07) is 5.30. The van der Waals surface area contributed by atoms with E-state index in [4.69, 9.17) is 16.3 Å². The maximum absolute atomic E-state index is 12.2. The number of benzene rings is 1. The van der Waals surface area contributed by atoms with Crippen LogP contribution in [0.1, 0.15) is 32.1 Å². The van der Waals surface area contributed by atoms with E-state index in [2.05, 4.69) is 10.6 Å². The molecule has 7 heteroatoms. The van der Waals surface area contributed by atoms with Crippen molar-refractivity contribution < 1.29 is 14.3 Å². The third kappa shape index (κ3) is 6.55. The molecule has 0 spiro atoms. The van der Waals surface area contributed by atoms with Gasteiger partial charge in [-0.05, 0) is 38.1 Å². The summed E-state index contributed by atoms with van der Waals surface area (Å²) in [6.45, 7) is 0.296. The Balaban J connectivity index is 1.79. The van der Waals surface area contributed by atoms with Crippen molar-refractivity contribution in [2.45, 2.75) is 38.1 Å². The highest BCUT2D eigenvalue weighted by molar-refractivity contribution is 6.31. The molecule has 0 aliphatic heterocycles. The lowest BCUT2D eigenvalue weighted by Gasteiger charge is -2.24. The molecule has 1 aliphatic rings. The fourth-order valence-electron chi connectivity index (χ4n) is 3.03. The predicted octanol–water partition coefficient (Wildman–Crippen LogP) is 2.67. The van der Waals surface area contributed by atoms with Gasteiger partial charge in [0.05, 0.1) is 25.9 Å². The summed E-state index contributed by atoms with van der Waals surface area (Å²) in [5.74, 6) is 0.270. The number of halogens is 1. The minimum Gasteiger partial charge on any atom is -0.495 e. The van der Waals surface area contributed by atoms with E-state index in [1.807, 2.05) is 0 Å². The normalized spacial score (nSPS) is 15.0. The molecule has 2 N–H and O–H groups in total. The summed E-state index contributed by atoms with van der Waals surface area (Å²) in [4.78, 5) is 26.0. The van der Waals surface area contributed by atoms with Gasteiger partial charge in [0.15, 0.2) is 0 Å². The van der Waals surface area contributed by atoms with Gasteiger partial charge < -0.3 is 15.4 Å². The van der Waals surface area contributed by atoms with Crippen LogP contribution in [-0.4, -0.2) is 50.0 Å². The van der Waals surface area contributed by atoms with Crippen molar-refractivity contribution in [3.63, 3.8) is 0 Å². The van der Waals surface area contributed by atoms with Gasteiger partial charge in [-0.15, -0.1) is 0 Å². The molecule has 1 saturated carbocycles. The molecule has 2 amide bonds. The molecule has 6 nitrogen and oxygen atoms in total. The van der Waals surface area contributed by atoms with E-state index in [1.165, 1.54) is 26.4 Å². The highest BCUT2D eigenvalue weighted by atomic mass is 35.5. The lowest BCUT2D eigenvalue weighted by atomic mass is 9.95. The lowest BCUT2D eigenvalue weighted by Crippen LogP contribution is -2.43. The van der Waals surface area contributed by atoms with Crippen molar-refractivity contribution in [3.8, 4) is 5.75 Å². The van der Waals surface area contributed by atoms with Gasteiger partial charge in [0.25, 0.3) is 0 Å². The molecular weight excluding hydrogens is 342 g/mol. The van der Waals surface area contributed by atoms with Crippen LogP contribution in [0.5, 0.6) is 5.75 Å². The molecule has 0 saturated heterocycles. The largest absolute Gasteiger partial charge is 0.495 e. The summed E-state index contributed by atoms with van der Waals surface area (Å²) in [7, 11) is 3.27. The number of likely N-dealkylation sites (N-methyl/N-ethyl adjacent to an activating group) is 1. The van der Waals surface area contributed by atoms with Crippen LogP contribution in [0.2, 0.25) is 5.02 Å². The molecule has 1 fully saturated rings. The van der Waals surface area contributed by atoms with E-state index in [0.29, 0.717) is 16.5 Å². The second-order valence-electron chi connectivity index (χ2n) is 6.47. The summed E-state index contributed by atoms with van der Waals surface area (Å²) < 4.78 is 5.20. The molecule has 1 aromatic rings. The average molecular weight is 368 g/mol. The van der Waals surface area contributed by atoms with Crippen molar-refractivity contribution in [1.29, 1.82) is 0 Å². The van der Waals surface area contributed by atoms with Gasteiger partial charge in [-0.25, -0.2) is 0 Å². The number of nitrogens with zero attached hydrogens (tertiary/aromatic N) is 1. The topological polar surface area (TPSA) is 70.7 Å². The third-order valence-corrected chi connectivity index (χ3v) is 4.47. The number of hydrogen-bond acceptors (Lipinski definition) is 4. The zero-order chi connectivity index (χ0) is 18.2. The number of nitrogens with one attached hydrogen (secondary N) is 2. The molecule has 1 aromatic carbocycles. The summed E-state index contributed by atoms with van der Waals surface area (Å²) in [5, 5.41) is 6.33. The Hall–Kier alpha value is -1.79. The molecule has 0 aromatic heterocycles. The highest BCUT2D eigenvalue weighted by Crippen LogP contribution is 2.27. The first-order chi connectivity index (χ1) is 12.0. The zero-order valence-corrected chi connectivity index (χ0v) is 15.6. The highest BCUT2D eigenvalue weighted by Gasteiger charge is 2.17. The van der Waals surface area contributed by atoms with Gasteiger partial charge in [-0.3, -0.25) is 14.5 Å². The molecule has 0 unspecified atom stereocenters. The second kappa shape index (κ2) is 9.63. The van der Waals surface area contributed by atoms with Gasteiger partial charge in [0.2, 0.25) is 11.8 Å². The van der Waals surface area contributed by atoms with E-state index in [9.17, 15) is 9.59 Å². The number of hydrogen-bond donors (Lipinski definition) is 2. The molecule has 0 bridgehead atoms. The first kappa shape index (κ1) is 19.5. The number of carbonyl (C=O) groups is 2.